The third kappa shape index (κ3) is 3.74. The van der Waals surface area contributed by atoms with E-state index in [4.69, 9.17) is 4.74 Å². The highest BCUT2D eigenvalue weighted by atomic mass is 16.5. The second kappa shape index (κ2) is 5.83. The first-order valence-electron chi connectivity index (χ1n) is 6.37. The van der Waals surface area contributed by atoms with Gasteiger partial charge in [0.1, 0.15) is 0 Å². The van der Waals surface area contributed by atoms with Crippen LogP contribution in [0.4, 0.5) is 0 Å². The first-order chi connectivity index (χ1) is 7.34. The van der Waals surface area contributed by atoms with E-state index in [-0.39, 0.29) is 6.10 Å². The Hall–Kier alpha value is -0.120. The minimum absolute atomic E-state index is 0.328. The van der Waals surface area contributed by atoms with Gasteiger partial charge in [-0.25, -0.2) is 0 Å². The molecule has 0 aromatic carbocycles. The summed E-state index contributed by atoms with van der Waals surface area (Å²) in [4.78, 5) is 0. The summed E-state index contributed by atoms with van der Waals surface area (Å²) in [6.45, 7) is 1.20. The van der Waals surface area contributed by atoms with Crippen molar-refractivity contribution < 1.29 is 9.84 Å². The summed E-state index contributed by atoms with van der Waals surface area (Å²) < 4.78 is 5.66. The molecule has 0 heterocycles. The first kappa shape index (κ1) is 11.4. The van der Waals surface area contributed by atoms with Crippen LogP contribution in [0.5, 0.6) is 0 Å². The van der Waals surface area contributed by atoms with Gasteiger partial charge in [0.05, 0.1) is 18.8 Å². The van der Waals surface area contributed by atoms with E-state index in [1.165, 1.54) is 44.9 Å². The summed E-state index contributed by atoms with van der Waals surface area (Å²) in [6, 6.07) is 0.658. The standard InChI is InChI=1S/C12H23NO2/c14-11(8-13-10-4-3-5-10)9-15-12-6-1-2-7-12/h10-14H,1-9H2. The second-order valence-corrected chi connectivity index (χ2v) is 4.93. The third-order valence-corrected chi connectivity index (χ3v) is 3.57. The Balaban J connectivity index is 1.49. The number of aliphatic hydroxyl groups excluding tert-OH is 1. The largest absolute Gasteiger partial charge is 0.389 e. The van der Waals surface area contributed by atoms with Crippen molar-refractivity contribution in [3.05, 3.63) is 0 Å². The Kier molecular flexibility index (Phi) is 4.42. The van der Waals surface area contributed by atoms with E-state index in [0.29, 0.717) is 25.3 Å². The van der Waals surface area contributed by atoms with Gasteiger partial charge >= 0.3 is 0 Å². The van der Waals surface area contributed by atoms with E-state index in [1.54, 1.807) is 0 Å². The highest BCUT2D eigenvalue weighted by Crippen LogP contribution is 2.21. The maximum Gasteiger partial charge on any atom is 0.0897 e. The molecule has 1 atom stereocenters. The lowest BCUT2D eigenvalue weighted by atomic mass is 9.93. The zero-order valence-electron chi connectivity index (χ0n) is 9.45. The van der Waals surface area contributed by atoms with Gasteiger partial charge in [0.15, 0.2) is 0 Å². The van der Waals surface area contributed by atoms with Crippen LogP contribution in [0.15, 0.2) is 0 Å². The molecular weight excluding hydrogens is 190 g/mol. The van der Waals surface area contributed by atoms with Gasteiger partial charge in [0.25, 0.3) is 0 Å². The zero-order valence-corrected chi connectivity index (χ0v) is 9.45. The van der Waals surface area contributed by atoms with Crippen molar-refractivity contribution in [2.45, 2.75) is 63.2 Å². The Bertz CT molecular complexity index is 176. The summed E-state index contributed by atoms with van der Waals surface area (Å²) in [5.41, 5.74) is 0. The normalized spacial score (nSPS) is 25.4. The fourth-order valence-electron chi connectivity index (χ4n) is 2.28. The summed E-state index contributed by atoms with van der Waals surface area (Å²) in [5.74, 6) is 0. The predicted molar refractivity (Wildman–Crippen MR) is 59.9 cm³/mol. The molecule has 2 fully saturated rings. The molecule has 3 heteroatoms. The lowest BCUT2D eigenvalue weighted by Gasteiger charge is -2.27. The number of aliphatic hydroxyl groups is 1. The van der Waals surface area contributed by atoms with Crippen LogP contribution in [-0.2, 0) is 4.74 Å². The molecule has 0 amide bonds. The molecule has 15 heavy (non-hydrogen) atoms. The van der Waals surface area contributed by atoms with E-state index in [9.17, 15) is 5.11 Å². The van der Waals surface area contributed by atoms with Gasteiger partial charge in [-0.1, -0.05) is 19.3 Å². The first-order valence-corrected chi connectivity index (χ1v) is 6.37. The van der Waals surface area contributed by atoms with Gasteiger partial charge in [-0.05, 0) is 25.7 Å². The molecule has 2 N–H and O–H groups in total. The molecule has 0 radical (unpaired) electrons. The van der Waals surface area contributed by atoms with Crippen LogP contribution in [0.1, 0.15) is 44.9 Å². The Morgan fingerprint density at radius 2 is 1.87 bits per heavy atom. The van der Waals surface area contributed by atoms with Gasteiger partial charge < -0.3 is 15.2 Å². The topological polar surface area (TPSA) is 41.5 Å². The maximum atomic E-state index is 9.69. The van der Waals surface area contributed by atoms with Gasteiger partial charge in [-0.2, -0.15) is 0 Å². The van der Waals surface area contributed by atoms with Gasteiger partial charge in [-0.3, -0.25) is 0 Å². The van der Waals surface area contributed by atoms with Crippen LogP contribution in [0.25, 0.3) is 0 Å². The van der Waals surface area contributed by atoms with E-state index in [2.05, 4.69) is 5.32 Å². The minimum Gasteiger partial charge on any atom is -0.389 e. The quantitative estimate of drug-likeness (QED) is 0.701. The molecule has 0 bridgehead atoms. The monoisotopic (exact) mass is 213 g/mol. The van der Waals surface area contributed by atoms with Crippen molar-refractivity contribution in [2.24, 2.45) is 0 Å². The number of ether oxygens (including phenoxy) is 1. The van der Waals surface area contributed by atoms with Gasteiger partial charge in [0.2, 0.25) is 0 Å². The van der Waals surface area contributed by atoms with Crippen LogP contribution in [0.2, 0.25) is 0 Å². The molecular formula is C12H23NO2. The molecule has 0 aromatic heterocycles. The van der Waals surface area contributed by atoms with Crippen LogP contribution < -0.4 is 5.32 Å². The summed E-state index contributed by atoms with van der Waals surface area (Å²) in [6.07, 6.45) is 8.93. The Morgan fingerprint density at radius 3 is 2.47 bits per heavy atom. The SMILES string of the molecule is OC(CNC1CCC1)COC1CCCC1. The molecule has 1 unspecified atom stereocenters. The van der Waals surface area contributed by atoms with Crippen LogP contribution in [0.3, 0.4) is 0 Å². The van der Waals surface area contributed by atoms with Crippen molar-refractivity contribution in [1.82, 2.24) is 5.32 Å². The molecule has 0 spiro atoms. The Labute approximate surface area is 92.2 Å². The molecule has 88 valence electrons. The third-order valence-electron chi connectivity index (χ3n) is 3.57. The lowest BCUT2D eigenvalue weighted by Crippen LogP contribution is -2.41. The van der Waals surface area contributed by atoms with E-state index in [1.807, 2.05) is 0 Å². The average Bonchev–Trinajstić information content (AvgIpc) is 2.64. The number of rotatable bonds is 6. The van der Waals surface area contributed by atoms with E-state index in [0.717, 1.165) is 0 Å². The fraction of sp³-hybridized carbons (Fsp3) is 1.00. The molecule has 2 rings (SSSR count). The summed E-state index contributed by atoms with van der Waals surface area (Å²) in [5, 5.41) is 13.1. The number of nitrogens with one attached hydrogen (secondary N) is 1. The van der Waals surface area contributed by atoms with Crippen LogP contribution in [-0.4, -0.2) is 36.5 Å². The van der Waals surface area contributed by atoms with Gasteiger partial charge in [-0.15, -0.1) is 0 Å². The highest BCUT2D eigenvalue weighted by molar-refractivity contribution is 4.77. The fourth-order valence-corrected chi connectivity index (χ4v) is 2.28. The molecule has 2 aliphatic rings. The van der Waals surface area contributed by atoms with Crippen LogP contribution in [0, 0.1) is 0 Å². The van der Waals surface area contributed by atoms with Crippen molar-refractivity contribution in [2.75, 3.05) is 13.2 Å². The smallest absolute Gasteiger partial charge is 0.0897 e. The lowest BCUT2D eigenvalue weighted by molar-refractivity contribution is -0.00703. The molecule has 3 nitrogen and oxygen atoms in total. The molecule has 2 aliphatic carbocycles. The Morgan fingerprint density at radius 1 is 1.13 bits per heavy atom. The van der Waals surface area contributed by atoms with E-state index < -0.39 is 0 Å². The van der Waals surface area contributed by atoms with Crippen molar-refractivity contribution in [1.29, 1.82) is 0 Å². The van der Waals surface area contributed by atoms with Crippen molar-refractivity contribution in [3.8, 4) is 0 Å². The average molecular weight is 213 g/mol. The molecule has 0 aromatic rings. The number of hydrogen-bond acceptors (Lipinski definition) is 3. The van der Waals surface area contributed by atoms with Crippen LogP contribution >= 0.6 is 0 Å². The molecule has 0 saturated heterocycles. The number of hydrogen-bond donors (Lipinski definition) is 2. The predicted octanol–water partition coefficient (Wildman–Crippen LogP) is 1.45. The maximum absolute atomic E-state index is 9.69. The second-order valence-electron chi connectivity index (χ2n) is 4.93. The molecule has 0 aliphatic heterocycles. The molecule has 2 saturated carbocycles. The van der Waals surface area contributed by atoms with Crippen molar-refractivity contribution >= 4 is 0 Å². The zero-order chi connectivity index (χ0) is 10.5. The summed E-state index contributed by atoms with van der Waals surface area (Å²) >= 11 is 0. The van der Waals surface area contributed by atoms with Gasteiger partial charge in [0, 0.05) is 12.6 Å². The highest BCUT2D eigenvalue weighted by Gasteiger charge is 2.19. The summed E-state index contributed by atoms with van der Waals surface area (Å²) in [7, 11) is 0. The van der Waals surface area contributed by atoms with Crippen molar-refractivity contribution in [3.63, 3.8) is 0 Å². The minimum atomic E-state index is -0.328. The van der Waals surface area contributed by atoms with E-state index >= 15 is 0 Å².